The number of amides is 1. The molecule has 1 saturated carbocycles. The van der Waals surface area contributed by atoms with E-state index in [0.29, 0.717) is 18.7 Å². The first kappa shape index (κ1) is 29.1. The van der Waals surface area contributed by atoms with E-state index in [1.165, 1.54) is 0 Å². The molecule has 2 heterocycles. The zero-order chi connectivity index (χ0) is 28.8. The standard InChI is InChI=1S/C32H43N5O4/c1-23-19-26(41-3)12-13-27(23)34-16-14-25-20-33-17-18-36(25)31(38)29-30(24-9-5-4-6-10-24)37(22-35-29)28-11-7-8-15-32(28,39)21-40-2/h4-6,9-10,12-13,19,22,25,28,33-34,39H,7-8,11,14-18,20-21H2,1-3H3/t25-,28-,32-/m1/s1. The molecule has 0 spiro atoms. The van der Waals surface area contributed by atoms with Crippen LogP contribution in [0.3, 0.4) is 0 Å². The molecular weight excluding hydrogens is 518 g/mol. The van der Waals surface area contributed by atoms with Crippen LogP contribution in [0, 0.1) is 6.92 Å². The number of aryl methyl sites for hydroxylation is 1. The highest BCUT2D eigenvalue weighted by atomic mass is 16.5. The van der Waals surface area contributed by atoms with E-state index in [9.17, 15) is 9.90 Å². The Kier molecular flexibility index (Phi) is 9.27. The van der Waals surface area contributed by atoms with E-state index < -0.39 is 5.60 Å². The highest BCUT2D eigenvalue weighted by Gasteiger charge is 2.42. The topological polar surface area (TPSA) is 101 Å². The number of benzene rings is 2. The van der Waals surface area contributed by atoms with Gasteiger partial charge in [0, 0.05) is 50.6 Å². The summed E-state index contributed by atoms with van der Waals surface area (Å²) in [4.78, 5) is 20.9. The molecule has 2 fully saturated rings. The normalized spacial score (nSPS) is 22.9. The van der Waals surface area contributed by atoms with Crippen molar-refractivity contribution in [2.45, 2.75) is 56.7 Å². The molecule has 41 heavy (non-hydrogen) atoms. The van der Waals surface area contributed by atoms with Gasteiger partial charge in [-0.15, -0.1) is 0 Å². The van der Waals surface area contributed by atoms with E-state index in [1.807, 2.05) is 58.0 Å². The summed E-state index contributed by atoms with van der Waals surface area (Å²) in [7, 11) is 3.30. The number of piperazine rings is 1. The Morgan fingerprint density at radius 1 is 1.20 bits per heavy atom. The van der Waals surface area contributed by atoms with Crippen LogP contribution in [0.15, 0.2) is 54.9 Å². The molecule has 220 valence electrons. The van der Waals surface area contributed by atoms with Crippen LogP contribution in [0.5, 0.6) is 5.75 Å². The van der Waals surface area contributed by atoms with Crippen molar-refractivity contribution in [3.8, 4) is 17.0 Å². The Bertz CT molecular complexity index is 1310. The molecule has 0 unspecified atom stereocenters. The second-order valence-electron chi connectivity index (χ2n) is 11.3. The number of carbonyl (C=O) groups excluding carboxylic acids is 1. The third-order valence-electron chi connectivity index (χ3n) is 8.57. The molecule has 5 rings (SSSR count). The second kappa shape index (κ2) is 13.1. The number of ether oxygens (including phenoxy) is 2. The lowest BCUT2D eigenvalue weighted by atomic mass is 9.80. The summed E-state index contributed by atoms with van der Waals surface area (Å²) in [6, 6.07) is 15.7. The molecule has 3 N–H and O–H groups in total. The van der Waals surface area contributed by atoms with Gasteiger partial charge >= 0.3 is 0 Å². The van der Waals surface area contributed by atoms with Crippen LogP contribution in [0.4, 0.5) is 5.69 Å². The first-order valence-corrected chi connectivity index (χ1v) is 14.7. The van der Waals surface area contributed by atoms with Crippen molar-refractivity contribution in [2.24, 2.45) is 0 Å². The van der Waals surface area contributed by atoms with E-state index in [2.05, 4.69) is 17.6 Å². The van der Waals surface area contributed by atoms with E-state index >= 15 is 0 Å². The summed E-state index contributed by atoms with van der Waals surface area (Å²) in [6.07, 6.45) is 5.95. The second-order valence-corrected chi connectivity index (χ2v) is 11.3. The Morgan fingerprint density at radius 3 is 2.78 bits per heavy atom. The number of rotatable bonds is 10. The largest absolute Gasteiger partial charge is 0.497 e. The van der Waals surface area contributed by atoms with Crippen LogP contribution in [0.1, 0.15) is 54.2 Å². The van der Waals surface area contributed by atoms with Gasteiger partial charge in [-0.3, -0.25) is 4.79 Å². The molecule has 3 aromatic rings. The number of nitrogens with zero attached hydrogens (tertiary/aromatic N) is 3. The predicted octanol–water partition coefficient (Wildman–Crippen LogP) is 4.28. The molecule has 9 nitrogen and oxygen atoms in total. The van der Waals surface area contributed by atoms with Crippen molar-refractivity contribution in [1.29, 1.82) is 0 Å². The number of imidazole rings is 1. The van der Waals surface area contributed by atoms with Gasteiger partial charge in [-0.2, -0.15) is 0 Å². The number of hydrogen-bond acceptors (Lipinski definition) is 7. The molecule has 9 heteroatoms. The van der Waals surface area contributed by atoms with E-state index in [1.54, 1.807) is 20.5 Å². The summed E-state index contributed by atoms with van der Waals surface area (Å²) >= 11 is 0. The molecule has 0 radical (unpaired) electrons. The van der Waals surface area contributed by atoms with Crippen molar-refractivity contribution in [3.05, 3.63) is 66.1 Å². The Labute approximate surface area is 242 Å². The zero-order valence-corrected chi connectivity index (χ0v) is 24.4. The number of aromatic nitrogens is 2. The van der Waals surface area contributed by atoms with Crippen LogP contribution in [-0.4, -0.2) is 84.1 Å². The van der Waals surface area contributed by atoms with Gasteiger partial charge in [-0.05, 0) is 49.9 Å². The lowest BCUT2D eigenvalue weighted by Crippen LogP contribution is -2.54. The van der Waals surface area contributed by atoms with Crippen molar-refractivity contribution in [3.63, 3.8) is 0 Å². The van der Waals surface area contributed by atoms with Gasteiger partial charge in [-0.25, -0.2) is 4.98 Å². The van der Waals surface area contributed by atoms with Crippen LogP contribution < -0.4 is 15.4 Å². The molecule has 1 aliphatic carbocycles. The highest BCUT2D eigenvalue weighted by molar-refractivity contribution is 5.98. The van der Waals surface area contributed by atoms with Crippen LogP contribution in [0.25, 0.3) is 11.3 Å². The molecule has 1 aromatic heterocycles. The quantitative estimate of drug-likeness (QED) is 0.340. The Balaban J connectivity index is 1.40. The van der Waals surface area contributed by atoms with Crippen molar-refractivity contribution in [1.82, 2.24) is 19.8 Å². The molecule has 1 aliphatic heterocycles. The van der Waals surface area contributed by atoms with Gasteiger partial charge in [0.15, 0.2) is 5.69 Å². The number of methoxy groups -OCH3 is 2. The zero-order valence-electron chi connectivity index (χ0n) is 24.4. The minimum atomic E-state index is -1.01. The highest BCUT2D eigenvalue weighted by Crippen LogP contribution is 2.41. The summed E-state index contributed by atoms with van der Waals surface area (Å²) in [5.41, 5.74) is 3.29. The van der Waals surface area contributed by atoms with Crippen molar-refractivity contribution in [2.75, 3.05) is 52.3 Å². The minimum absolute atomic E-state index is 0.0242. The van der Waals surface area contributed by atoms with Crippen LogP contribution in [-0.2, 0) is 4.74 Å². The number of nitrogens with one attached hydrogen (secondary N) is 2. The van der Waals surface area contributed by atoms with E-state index in [4.69, 9.17) is 14.5 Å². The number of anilines is 1. The lowest BCUT2D eigenvalue weighted by Gasteiger charge is -2.41. The fourth-order valence-corrected chi connectivity index (χ4v) is 6.41. The maximum Gasteiger partial charge on any atom is 0.275 e. The molecular formula is C32H43N5O4. The summed E-state index contributed by atoms with van der Waals surface area (Å²) in [5, 5.41) is 18.6. The van der Waals surface area contributed by atoms with Gasteiger partial charge < -0.3 is 34.7 Å². The fraction of sp³-hybridized carbons (Fsp3) is 0.500. The van der Waals surface area contributed by atoms with Gasteiger partial charge in [0.1, 0.15) is 11.4 Å². The van der Waals surface area contributed by atoms with Gasteiger partial charge in [0.05, 0.1) is 31.8 Å². The lowest BCUT2D eigenvalue weighted by molar-refractivity contribution is -0.0893. The van der Waals surface area contributed by atoms with Crippen molar-refractivity contribution < 1.29 is 19.4 Å². The molecule has 3 atom stereocenters. The van der Waals surface area contributed by atoms with E-state index in [-0.39, 0.29) is 24.6 Å². The SMILES string of the molecule is COC[C@]1(O)CCCC[C@H]1n1cnc(C(=O)N2CCNC[C@H]2CCNc2ccc(OC)cc2C)c1-c1ccccc1. The van der Waals surface area contributed by atoms with Crippen LogP contribution in [0.2, 0.25) is 0 Å². The molecule has 0 bridgehead atoms. The smallest absolute Gasteiger partial charge is 0.275 e. The molecule has 2 aliphatic rings. The summed E-state index contributed by atoms with van der Waals surface area (Å²) < 4.78 is 12.8. The minimum Gasteiger partial charge on any atom is -0.497 e. The monoisotopic (exact) mass is 561 g/mol. The van der Waals surface area contributed by atoms with Gasteiger partial charge in [0.25, 0.3) is 5.91 Å². The number of aliphatic hydroxyl groups is 1. The third kappa shape index (κ3) is 6.27. The molecule has 2 aromatic carbocycles. The third-order valence-corrected chi connectivity index (χ3v) is 8.57. The Morgan fingerprint density at radius 2 is 2.02 bits per heavy atom. The number of hydrogen-bond donors (Lipinski definition) is 3. The average molecular weight is 562 g/mol. The average Bonchev–Trinajstić information content (AvgIpc) is 3.43. The first-order valence-electron chi connectivity index (χ1n) is 14.7. The maximum atomic E-state index is 14.2. The van der Waals surface area contributed by atoms with E-state index in [0.717, 1.165) is 73.6 Å². The Hall–Kier alpha value is -3.40. The molecule has 1 saturated heterocycles. The predicted molar refractivity (Wildman–Crippen MR) is 161 cm³/mol. The molecule has 1 amide bonds. The van der Waals surface area contributed by atoms with Crippen LogP contribution >= 0.6 is 0 Å². The van der Waals surface area contributed by atoms with Gasteiger partial charge in [0.2, 0.25) is 0 Å². The maximum absolute atomic E-state index is 14.2. The van der Waals surface area contributed by atoms with Crippen molar-refractivity contribution >= 4 is 11.6 Å². The van der Waals surface area contributed by atoms with Gasteiger partial charge in [-0.1, -0.05) is 43.2 Å². The summed E-state index contributed by atoms with van der Waals surface area (Å²) in [5.74, 6) is 0.768. The summed E-state index contributed by atoms with van der Waals surface area (Å²) in [6.45, 7) is 5.12. The first-order chi connectivity index (χ1) is 19.9. The number of carbonyl (C=O) groups is 1. The fourth-order valence-electron chi connectivity index (χ4n) is 6.41.